The topological polar surface area (TPSA) is 61.3 Å². The molecule has 0 radical (unpaired) electrons. The number of ether oxygens (including phenoxy) is 4. The number of hydrazone groups is 1. The molecule has 168 valence electrons. The van der Waals surface area contributed by atoms with E-state index in [0.29, 0.717) is 42.8 Å². The molecule has 0 unspecified atom stereocenters. The molecule has 0 heterocycles. The van der Waals surface area contributed by atoms with E-state index in [1.807, 2.05) is 43.3 Å². The second-order valence-electron chi connectivity index (χ2n) is 6.84. The van der Waals surface area contributed by atoms with Gasteiger partial charge in [-0.15, -0.1) is 0 Å². The minimum atomic E-state index is 0.483. The second kappa shape index (κ2) is 12.2. The third-order valence-corrected chi connectivity index (χ3v) is 5.33. The molecule has 3 aromatic carbocycles. The zero-order chi connectivity index (χ0) is 22.8. The fourth-order valence-electron chi connectivity index (χ4n) is 2.98. The van der Waals surface area contributed by atoms with Gasteiger partial charge in [0.25, 0.3) is 0 Å². The van der Waals surface area contributed by atoms with Crippen molar-refractivity contribution in [2.45, 2.75) is 20.1 Å². The summed E-state index contributed by atoms with van der Waals surface area (Å²) in [6, 6.07) is 19.8. The van der Waals surface area contributed by atoms with E-state index in [2.05, 4.69) is 57.4 Å². The molecule has 0 aliphatic carbocycles. The zero-order valence-corrected chi connectivity index (χ0v) is 20.6. The third kappa shape index (κ3) is 6.78. The van der Waals surface area contributed by atoms with Crippen LogP contribution in [0.25, 0.3) is 0 Å². The Kier molecular flexibility index (Phi) is 9.03. The molecule has 0 saturated heterocycles. The standard InChI is InChI=1S/C25H27IN2O4/c1-4-31-25-14-20(8-12-23(25)32-17-18-5-9-21(26)10-6-18)16-28-27-15-19-7-11-22(29-2)24(13-19)30-3/h5-14,16,27H,4,15,17H2,1-3H3/b28-16-. The highest BCUT2D eigenvalue weighted by Gasteiger charge is 2.07. The zero-order valence-electron chi connectivity index (χ0n) is 18.4. The van der Waals surface area contributed by atoms with E-state index in [1.165, 1.54) is 3.57 Å². The number of hydrogen-bond acceptors (Lipinski definition) is 6. The van der Waals surface area contributed by atoms with Gasteiger partial charge in [-0.1, -0.05) is 18.2 Å². The van der Waals surface area contributed by atoms with Gasteiger partial charge in [-0.2, -0.15) is 5.10 Å². The molecule has 0 aromatic heterocycles. The van der Waals surface area contributed by atoms with Crippen LogP contribution in [-0.4, -0.2) is 27.0 Å². The van der Waals surface area contributed by atoms with Crippen molar-refractivity contribution in [1.29, 1.82) is 0 Å². The van der Waals surface area contributed by atoms with E-state index in [9.17, 15) is 0 Å². The van der Waals surface area contributed by atoms with Crippen LogP contribution >= 0.6 is 22.6 Å². The van der Waals surface area contributed by atoms with Crippen LogP contribution in [0.4, 0.5) is 0 Å². The van der Waals surface area contributed by atoms with E-state index in [-0.39, 0.29) is 0 Å². The van der Waals surface area contributed by atoms with Crippen LogP contribution in [-0.2, 0) is 13.2 Å². The summed E-state index contributed by atoms with van der Waals surface area (Å²) in [4.78, 5) is 0. The summed E-state index contributed by atoms with van der Waals surface area (Å²) >= 11 is 2.29. The van der Waals surface area contributed by atoms with Gasteiger partial charge in [-0.25, -0.2) is 0 Å². The number of hydrogen-bond donors (Lipinski definition) is 1. The maximum absolute atomic E-state index is 5.99. The van der Waals surface area contributed by atoms with E-state index in [0.717, 1.165) is 16.7 Å². The Morgan fingerprint density at radius 2 is 1.53 bits per heavy atom. The van der Waals surface area contributed by atoms with Crippen LogP contribution in [0.5, 0.6) is 23.0 Å². The van der Waals surface area contributed by atoms with Crippen LogP contribution in [0.15, 0.2) is 65.8 Å². The van der Waals surface area contributed by atoms with Crippen LogP contribution in [0.3, 0.4) is 0 Å². The highest BCUT2D eigenvalue weighted by Crippen LogP contribution is 2.29. The van der Waals surface area contributed by atoms with Crippen LogP contribution in [0, 0.1) is 3.57 Å². The normalized spacial score (nSPS) is 10.8. The van der Waals surface area contributed by atoms with Gasteiger partial charge in [0, 0.05) is 3.57 Å². The van der Waals surface area contributed by atoms with Gasteiger partial charge in [0.05, 0.1) is 33.6 Å². The van der Waals surface area contributed by atoms with Crippen LogP contribution in [0.1, 0.15) is 23.6 Å². The quantitative estimate of drug-likeness (QED) is 0.198. The number of halogens is 1. The molecule has 0 fully saturated rings. The first kappa shape index (κ1) is 23.7. The van der Waals surface area contributed by atoms with Crippen molar-refractivity contribution in [3.05, 3.63) is 80.9 Å². The number of benzene rings is 3. The van der Waals surface area contributed by atoms with Gasteiger partial charge < -0.3 is 24.4 Å². The molecule has 0 spiro atoms. The Hall–Kier alpha value is -2.94. The molecule has 0 amide bonds. The lowest BCUT2D eigenvalue weighted by Gasteiger charge is -2.13. The maximum Gasteiger partial charge on any atom is 0.161 e. The molecule has 7 heteroatoms. The van der Waals surface area contributed by atoms with Gasteiger partial charge in [-0.3, -0.25) is 0 Å². The summed E-state index contributed by atoms with van der Waals surface area (Å²) in [5, 5.41) is 4.32. The van der Waals surface area contributed by atoms with E-state index >= 15 is 0 Å². The first-order chi connectivity index (χ1) is 15.6. The van der Waals surface area contributed by atoms with Gasteiger partial charge in [0.2, 0.25) is 0 Å². The predicted octanol–water partition coefficient (Wildman–Crippen LogP) is 5.41. The van der Waals surface area contributed by atoms with E-state index in [1.54, 1.807) is 20.4 Å². The number of rotatable bonds is 11. The average molecular weight is 546 g/mol. The first-order valence-electron chi connectivity index (χ1n) is 10.2. The summed E-state index contributed by atoms with van der Waals surface area (Å²) < 4.78 is 23.6. The molecule has 1 N–H and O–H groups in total. The Morgan fingerprint density at radius 1 is 0.812 bits per heavy atom. The molecule has 0 bridgehead atoms. The molecule has 0 aliphatic heterocycles. The predicted molar refractivity (Wildman–Crippen MR) is 135 cm³/mol. The molecular formula is C25H27IN2O4. The van der Waals surface area contributed by atoms with Crippen molar-refractivity contribution in [3.8, 4) is 23.0 Å². The van der Waals surface area contributed by atoms with Gasteiger partial charge in [0.1, 0.15) is 6.61 Å². The SMILES string of the molecule is CCOc1cc(/C=N\NCc2ccc(OC)c(OC)c2)ccc1OCc1ccc(I)cc1. The summed E-state index contributed by atoms with van der Waals surface area (Å²) in [6.07, 6.45) is 1.76. The third-order valence-electron chi connectivity index (χ3n) is 4.61. The summed E-state index contributed by atoms with van der Waals surface area (Å²) in [5.74, 6) is 2.80. The van der Waals surface area contributed by atoms with Crippen molar-refractivity contribution >= 4 is 28.8 Å². The van der Waals surface area contributed by atoms with Crippen molar-refractivity contribution in [1.82, 2.24) is 5.43 Å². The average Bonchev–Trinajstić information content (AvgIpc) is 2.82. The van der Waals surface area contributed by atoms with E-state index in [4.69, 9.17) is 18.9 Å². The number of nitrogens with one attached hydrogen (secondary N) is 1. The smallest absolute Gasteiger partial charge is 0.161 e. The first-order valence-corrected chi connectivity index (χ1v) is 11.3. The largest absolute Gasteiger partial charge is 0.493 e. The maximum atomic E-state index is 5.99. The fourth-order valence-corrected chi connectivity index (χ4v) is 3.34. The molecule has 0 saturated carbocycles. The Morgan fingerprint density at radius 3 is 2.25 bits per heavy atom. The fraction of sp³-hybridized carbons (Fsp3) is 0.240. The highest BCUT2D eigenvalue weighted by atomic mass is 127. The van der Waals surface area contributed by atoms with Gasteiger partial charge in [0.15, 0.2) is 23.0 Å². The van der Waals surface area contributed by atoms with Crippen molar-refractivity contribution in [2.75, 3.05) is 20.8 Å². The summed E-state index contributed by atoms with van der Waals surface area (Å²) in [5.41, 5.74) is 6.11. The van der Waals surface area contributed by atoms with Crippen molar-refractivity contribution in [2.24, 2.45) is 5.10 Å². The summed E-state index contributed by atoms with van der Waals surface area (Å²) in [6.45, 7) is 3.55. The molecule has 32 heavy (non-hydrogen) atoms. The van der Waals surface area contributed by atoms with Crippen molar-refractivity contribution < 1.29 is 18.9 Å². The lowest BCUT2D eigenvalue weighted by Crippen LogP contribution is -2.06. The Labute approximate surface area is 202 Å². The second-order valence-corrected chi connectivity index (χ2v) is 8.08. The molecule has 0 atom stereocenters. The lowest BCUT2D eigenvalue weighted by atomic mass is 10.2. The lowest BCUT2D eigenvalue weighted by molar-refractivity contribution is 0.269. The Bertz CT molecular complexity index is 1040. The minimum Gasteiger partial charge on any atom is -0.493 e. The minimum absolute atomic E-state index is 0.483. The van der Waals surface area contributed by atoms with Crippen LogP contribution < -0.4 is 24.4 Å². The number of methoxy groups -OCH3 is 2. The monoisotopic (exact) mass is 546 g/mol. The number of nitrogens with zero attached hydrogens (tertiary/aromatic N) is 1. The van der Waals surface area contributed by atoms with Gasteiger partial charge in [-0.05, 0) is 88.7 Å². The summed E-state index contributed by atoms with van der Waals surface area (Å²) in [7, 11) is 3.24. The van der Waals surface area contributed by atoms with Gasteiger partial charge >= 0.3 is 0 Å². The van der Waals surface area contributed by atoms with E-state index < -0.39 is 0 Å². The molecule has 0 aliphatic rings. The highest BCUT2D eigenvalue weighted by molar-refractivity contribution is 14.1. The van der Waals surface area contributed by atoms with Crippen LogP contribution in [0.2, 0.25) is 0 Å². The molecule has 6 nitrogen and oxygen atoms in total. The Balaban J connectivity index is 1.60. The molecular weight excluding hydrogens is 519 g/mol. The van der Waals surface area contributed by atoms with Crippen molar-refractivity contribution in [3.63, 3.8) is 0 Å². The molecule has 3 aromatic rings. The molecule has 3 rings (SSSR count).